The maximum Gasteiger partial charge on any atom is 0.258 e. The molecular formula is C26H37N5O4. The van der Waals surface area contributed by atoms with Gasteiger partial charge in [0.25, 0.3) is 5.91 Å². The summed E-state index contributed by atoms with van der Waals surface area (Å²) < 4.78 is 7.64. The van der Waals surface area contributed by atoms with E-state index in [4.69, 9.17) is 4.74 Å². The van der Waals surface area contributed by atoms with Crippen molar-refractivity contribution >= 4 is 17.7 Å². The Morgan fingerprint density at radius 3 is 2.71 bits per heavy atom. The fraction of sp³-hybridized carbons (Fsp3) is 0.538. The van der Waals surface area contributed by atoms with E-state index in [2.05, 4.69) is 4.98 Å². The van der Waals surface area contributed by atoms with Gasteiger partial charge in [0.15, 0.2) is 0 Å². The monoisotopic (exact) mass is 483 g/mol. The highest BCUT2D eigenvalue weighted by Crippen LogP contribution is 2.23. The lowest BCUT2D eigenvalue weighted by Gasteiger charge is -2.31. The number of benzene rings is 1. The first-order valence-corrected chi connectivity index (χ1v) is 12.3. The van der Waals surface area contributed by atoms with Gasteiger partial charge in [-0.15, -0.1) is 0 Å². The lowest BCUT2D eigenvalue weighted by Crippen LogP contribution is -2.48. The maximum absolute atomic E-state index is 13.4. The van der Waals surface area contributed by atoms with Gasteiger partial charge in [-0.25, -0.2) is 4.98 Å². The lowest BCUT2D eigenvalue weighted by molar-refractivity contribution is -0.135. The lowest BCUT2D eigenvalue weighted by atomic mass is 10.0. The van der Waals surface area contributed by atoms with E-state index in [9.17, 15) is 14.4 Å². The number of nitrogens with zero attached hydrogens (tertiary/aromatic N) is 5. The highest BCUT2D eigenvalue weighted by Gasteiger charge is 2.30. The Morgan fingerprint density at radius 1 is 1.14 bits per heavy atom. The molecule has 3 rings (SSSR count). The van der Waals surface area contributed by atoms with Gasteiger partial charge in [-0.1, -0.05) is 12.1 Å². The van der Waals surface area contributed by atoms with Crippen LogP contribution in [0.5, 0.6) is 5.75 Å². The predicted octanol–water partition coefficient (Wildman–Crippen LogP) is 2.67. The number of hydrogen-bond donors (Lipinski definition) is 0. The van der Waals surface area contributed by atoms with Gasteiger partial charge < -0.3 is 24.0 Å². The molecule has 1 aliphatic heterocycles. The second kappa shape index (κ2) is 12.9. The van der Waals surface area contributed by atoms with Gasteiger partial charge >= 0.3 is 0 Å². The first kappa shape index (κ1) is 26.2. The largest absolute Gasteiger partial charge is 0.493 e. The van der Waals surface area contributed by atoms with Crippen LogP contribution in [-0.4, -0.2) is 88.9 Å². The summed E-state index contributed by atoms with van der Waals surface area (Å²) in [5.41, 5.74) is 0.472. The number of rotatable bonds is 7. The van der Waals surface area contributed by atoms with Gasteiger partial charge in [0.05, 0.1) is 18.5 Å². The number of amides is 3. The number of fused-ring (bicyclic) bond motifs is 1. The summed E-state index contributed by atoms with van der Waals surface area (Å²) in [6.07, 6.45) is 9.72. The van der Waals surface area contributed by atoms with Gasteiger partial charge in [0, 0.05) is 46.6 Å². The number of likely N-dealkylation sites (N-methyl/N-ethyl adjacent to an activating group) is 3. The van der Waals surface area contributed by atoms with E-state index in [0.29, 0.717) is 43.9 Å². The fourth-order valence-corrected chi connectivity index (χ4v) is 4.23. The van der Waals surface area contributed by atoms with Crippen LogP contribution in [0.25, 0.3) is 0 Å². The number of aromatic nitrogens is 2. The standard InChI is InChI=1S/C26H37N5O4/c1-28(24(32)19-31-17-14-27-20-31)15-9-7-12-22-26(34)29(2)16-8-4-10-18-35-23-13-6-5-11-21(23)25(33)30(22)3/h5-6,11,13-14,17,20,22H,4,7-10,12,15-16,18-19H2,1-3H3/t22-/m0/s1. The van der Waals surface area contributed by atoms with Crippen LogP contribution in [0.3, 0.4) is 0 Å². The predicted molar refractivity (Wildman–Crippen MR) is 133 cm³/mol. The van der Waals surface area contributed by atoms with Gasteiger partial charge in [0.2, 0.25) is 11.8 Å². The molecule has 2 aromatic rings. The second-order valence-electron chi connectivity index (χ2n) is 9.14. The summed E-state index contributed by atoms with van der Waals surface area (Å²) in [5.74, 6) is 0.285. The number of imidazole rings is 1. The molecule has 0 fully saturated rings. The molecule has 190 valence electrons. The van der Waals surface area contributed by atoms with Crippen LogP contribution in [0.1, 0.15) is 48.9 Å². The zero-order valence-corrected chi connectivity index (χ0v) is 21.1. The Labute approximate surface area is 207 Å². The van der Waals surface area contributed by atoms with Crippen LogP contribution >= 0.6 is 0 Å². The molecule has 1 atom stereocenters. The van der Waals surface area contributed by atoms with E-state index in [1.165, 1.54) is 0 Å². The van der Waals surface area contributed by atoms with Gasteiger partial charge in [-0.3, -0.25) is 14.4 Å². The average Bonchev–Trinajstić information content (AvgIpc) is 3.37. The third-order valence-electron chi connectivity index (χ3n) is 6.49. The summed E-state index contributed by atoms with van der Waals surface area (Å²) in [4.78, 5) is 48.1. The van der Waals surface area contributed by atoms with Crippen molar-refractivity contribution in [1.29, 1.82) is 0 Å². The zero-order valence-electron chi connectivity index (χ0n) is 21.1. The van der Waals surface area contributed by atoms with Crippen LogP contribution < -0.4 is 4.74 Å². The molecule has 0 aliphatic carbocycles. The Balaban J connectivity index is 1.65. The molecule has 0 spiro atoms. The summed E-state index contributed by atoms with van der Waals surface area (Å²) in [7, 11) is 5.28. The van der Waals surface area contributed by atoms with Crippen molar-refractivity contribution in [3.8, 4) is 5.75 Å². The van der Waals surface area contributed by atoms with E-state index in [0.717, 1.165) is 25.7 Å². The molecule has 9 heteroatoms. The number of carbonyl (C=O) groups is 3. The molecule has 35 heavy (non-hydrogen) atoms. The first-order valence-electron chi connectivity index (χ1n) is 12.3. The molecular weight excluding hydrogens is 446 g/mol. The van der Waals surface area contributed by atoms with Crippen molar-refractivity contribution in [2.75, 3.05) is 40.8 Å². The third kappa shape index (κ3) is 7.31. The summed E-state index contributed by atoms with van der Waals surface area (Å²) >= 11 is 0. The van der Waals surface area contributed by atoms with Crippen molar-refractivity contribution in [2.45, 2.75) is 51.1 Å². The Morgan fingerprint density at radius 2 is 1.94 bits per heavy atom. The van der Waals surface area contributed by atoms with Crippen LogP contribution in [-0.2, 0) is 16.1 Å². The summed E-state index contributed by atoms with van der Waals surface area (Å²) in [6.45, 7) is 2.03. The fourth-order valence-electron chi connectivity index (χ4n) is 4.23. The van der Waals surface area contributed by atoms with Gasteiger partial charge in [-0.2, -0.15) is 0 Å². The minimum absolute atomic E-state index is 0.00443. The smallest absolute Gasteiger partial charge is 0.258 e. The average molecular weight is 484 g/mol. The molecule has 0 unspecified atom stereocenters. The Kier molecular flexibility index (Phi) is 9.69. The molecule has 3 amide bonds. The van der Waals surface area contributed by atoms with Crippen LogP contribution in [0.4, 0.5) is 0 Å². The van der Waals surface area contributed by atoms with Crippen LogP contribution in [0.15, 0.2) is 43.0 Å². The van der Waals surface area contributed by atoms with Crippen molar-refractivity contribution in [3.63, 3.8) is 0 Å². The van der Waals surface area contributed by atoms with Gasteiger partial charge in [-0.05, 0) is 50.7 Å². The van der Waals surface area contributed by atoms with E-state index in [-0.39, 0.29) is 24.3 Å². The van der Waals surface area contributed by atoms with Crippen molar-refractivity contribution in [3.05, 3.63) is 48.5 Å². The molecule has 1 aromatic carbocycles. The molecule has 0 N–H and O–H groups in total. The minimum atomic E-state index is -0.576. The Hall–Kier alpha value is -3.36. The zero-order chi connectivity index (χ0) is 25.2. The number of unbranched alkanes of at least 4 members (excludes halogenated alkanes) is 1. The Bertz CT molecular complexity index is 978. The van der Waals surface area contributed by atoms with Crippen LogP contribution in [0, 0.1) is 0 Å². The number of hydrogen-bond acceptors (Lipinski definition) is 5. The van der Waals surface area contributed by atoms with E-state index < -0.39 is 6.04 Å². The van der Waals surface area contributed by atoms with E-state index >= 15 is 0 Å². The molecule has 0 radical (unpaired) electrons. The highest BCUT2D eigenvalue weighted by atomic mass is 16.5. The molecule has 9 nitrogen and oxygen atoms in total. The summed E-state index contributed by atoms with van der Waals surface area (Å²) in [6, 6.07) is 6.64. The number of ether oxygens (including phenoxy) is 1. The minimum Gasteiger partial charge on any atom is -0.493 e. The third-order valence-corrected chi connectivity index (χ3v) is 6.49. The molecule has 1 aromatic heterocycles. The molecule has 2 heterocycles. The molecule has 0 bridgehead atoms. The van der Waals surface area contributed by atoms with Crippen LogP contribution in [0.2, 0.25) is 0 Å². The van der Waals surface area contributed by atoms with Crippen molar-refractivity contribution in [1.82, 2.24) is 24.3 Å². The quantitative estimate of drug-likeness (QED) is 0.565. The van der Waals surface area contributed by atoms with Gasteiger partial charge in [0.1, 0.15) is 18.3 Å². The molecule has 1 aliphatic rings. The highest BCUT2D eigenvalue weighted by molar-refractivity contribution is 5.99. The van der Waals surface area contributed by atoms with Crippen molar-refractivity contribution < 1.29 is 19.1 Å². The number of para-hydroxylation sites is 1. The van der Waals surface area contributed by atoms with E-state index in [1.807, 2.05) is 12.1 Å². The van der Waals surface area contributed by atoms with Crippen molar-refractivity contribution in [2.24, 2.45) is 0 Å². The number of carbonyl (C=O) groups excluding carboxylic acids is 3. The first-order chi connectivity index (χ1) is 16.9. The maximum atomic E-state index is 13.4. The topological polar surface area (TPSA) is 88.0 Å². The normalized spacial score (nSPS) is 17.6. The molecule has 0 saturated carbocycles. The molecule has 0 saturated heterocycles. The van der Waals surface area contributed by atoms with E-state index in [1.54, 1.807) is 71.3 Å². The second-order valence-corrected chi connectivity index (χ2v) is 9.14. The SMILES string of the molecule is CN(CCCC[C@H]1C(=O)N(C)CCCCCOc2ccccc2C(=O)N1C)C(=O)Cn1ccnc1. The summed E-state index contributed by atoms with van der Waals surface area (Å²) in [5, 5.41) is 0.